The summed E-state index contributed by atoms with van der Waals surface area (Å²) in [6.07, 6.45) is 3.57. The number of esters is 1. The van der Waals surface area contributed by atoms with Crippen LogP contribution in [0, 0.1) is 5.41 Å². The lowest BCUT2D eigenvalue weighted by molar-refractivity contribution is -0.228. The average molecular weight is 214 g/mol. The van der Waals surface area contributed by atoms with Crippen LogP contribution in [0.15, 0.2) is 0 Å². The number of carbonyl (C=O) groups excluding carboxylic acids is 1. The van der Waals surface area contributed by atoms with Gasteiger partial charge >= 0.3 is 5.97 Å². The number of hydrogen-bond acceptors (Lipinski definition) is 3. The van der Waals surface area contributed by atoms with E-state index in [0.29, 0.717) is 6.42 Å². The van der Waals surface area contributed by atoms with Gasteiger partial charge in [0, 0.05) is 0 Å². The average Bonchev–Trinajstić information content (AvgIpc) is 2.25. The fraction of sp³-hybridized carbons (Fsp3) is 0.917. The fourth-order valence-electron chi connectivity index (χ4n) is 2.48. The minimum absolute atomic E-state index is 0.0773. The van der Waals surface area contributed by atoms with Gasteiger partial charge in [0.1, 0.15) is 11.5 Å². The van der Waals surface area contributed by atoms with Gasteiger partial charge in [0.2, 0.25) is 0 Å². The predicted octanol–water partition coefficient (Wildman–Crippen LogP) is 2.27. The number of ether oxygens (including phenoxy) is 1. The molecule has 3 atom stereocenters. The molecule has 1 saturated heterocycles. The quantitative estimate of drug-likeness (QED) is 0.690. The van der Waals surface area contributed by atoms with Crippen molar-refractivity contribution in [1.82, 2.24) is 0 Å². The van der Waals surface area contributed by atoms with E-state index in [1.807, 2.05) is 13.8 Å². The summed E-state index contributed by atoms with van der Waals surface area (Å²) in [6.45, 7) is 6.01. The first-order valence-electron chi connectivity index (χ1n) is 6.02. The van der Waals surface area contributed by atoms with Crippen LogP contribution in [0.4, 0.5) is 0 Å². The zero-order chi connectivity index (χ0) is 11.5. The summed E-state index contributed by atoms with van der Waals surface area (Å²) >= 11 is 0. The van der Waals surface area contributed by atoms with Crippen LogP contribution in [0.2, 0.25) is 0 Å². The topological polar surface area (TPSA) is 46.5 Å². The van der Waals surface area contributed by atoms with Crippen molar-refractivity contribution >= 4 is 5.97 Å². The van der Waals surface area contributed by atoms with E-state index >= 15 is 0 Å². The molecule has 1 aliphatic heterocycles. The summed E-state index contributed by atoms with van der Waals surface area (Å²) in [5.74, 6) is -0.197. The normalized spacial score (nSPS) is 32.0. The second-order valence-corrected chi connectivity index (χ2v) is 4.37. The van der Waals surface area contributed by atoms with Crippen molar-refractivity contribution in [3.8, 4) is 0 Å². The third-order valence-electron chi connectivity index (χ3n) is 3.50. The zero-order valence-electron chi connectivity index (χ0n) is 9.95. The van der Waals surface area contributed by atoms with E-state index in [0.717, 1.165) is 25.7 Å². The van der Waals surface area contributed by atoms with Crippen molar-refractivity contribution in [3.63, 3.8) is 0 Å². The highest BCUT2D eigenvalue weighted by Crippen LogP contribution is 2.46. The van der Waals surface area contributed by atoms with Crippen molar-refractivity contribution in [2.45, 2.75) is 65.1 Å². The molecule has 0 amide bonds. The SMILES string of the molecule is CCCC[C@]1(C(O)CC)C(=O)O[C@@H]1CC. The third-order valence-corrected chi connectivity index (χ3v) is 3.50. The number of aliphatic hydroxyl groups is 1. The molecule has 1 rings (SSSR count). The predicted molar refractivity (Wildman–Crippen MR) is 58.4 cm³/mol. The first-order valence-corrected chi connectivity index (χ1v) is 6.02. The highest BCUT2D eigenvalue weighted by Gasteiger charge is 2.60. The maximum atomic E-state index is 11.6. The molecule has 0 radical (unpaired) electrons. The van der Waals surface area contributed by atoms with Crippen LogP contribution < -0.4 is 0 Å². The standard InChI is InChI=1S/C12H22O3/c1-4-7-8-12(9(13)5-2)10(6-3)15-11(12)14/h9-10,13H,4-8H2,1-3H3/t9?,10-,12-/m1/s1. The van der Waals surface area contributed by atoms with Gasteiger partial charge in [0.25, 0.3) is 0 Å². The van der Waals surface area contributed by atoms with Gasteiger partial charge in [-0.25, -0.2) is 0 Å². The monoisotopic (exact) mass is 214 g/mol. The van der Waals surface area contributed by atoms with E-state index < -0.39 is 11.5 Å². The summed E-state index contributed by atoms with van der Waals surface area (Å²) in [6, 6.07) is 0. The number of hydrogen-bond donors (Lipinski definition) is 1. The molecule has 1 aliphatic rings. The van der Waals surface area contributed by atoms with Crippen LogP contribution in [0.25, 0.3) is 0 Å². The molecule has 3 heteroatoms. The Hall–Kier alpha value is -0.570. The summed E-state index contributed by atoms with van der Waals surface area (Å²) in [7, 11) is 0. The van der Waals surface area contributed by atoms with E-state index in [4.69, 9.17) is 4.74 Å². The molecule has 1 N–H and O–H groups in total. The first kappa shape index (κ1) is 12.5. The largest absolute Gasteiger partial charge is 0.460 e. The van der Waals surface area contributed by atoms with Crippen LogP contribution >= 0.6 is 0 Å². The molecular formula is C12H22O3. The van der Waals surface area contributed by atoms with Gasteiger partial charge in [-0.05, 0) is 19.3 Å². The Morgan fingerprint density at radius 3 is 2.53 bits per heavy atom. The van der Waals surface area contributed by atoms with Crippen LogP contribution in [0.5, 0.6) is 0 Å². The Morgan fingerprint density at radius 1 is 1.47 bits per heavy atom. The molecule has 0 aromatic heterocycles. The smallest absolute Gasteiger partial charge is 0.318 e. The molecule has 1 fully saturated rings. The third kappa shape index (κ3) is 1.89. The first-order chi connectivity index (χ1) is 7.13. The lowest BCUT2D eigenvalue weighted by Gasteiger charge is -2.49. The summed E-state index contributed by atoms with van der Waals surface area (Å²) < 4.78 is 5.13. The van der Waals surface area contributed by atoms with Gasteiger partial charge in [0.15, 0.2) is 0 Å². The molecule has 0 saturated carbocycles. The summed E-state index contributed by atoms with van der Waals surface area (Å²) in [5.41, 5.74) is -0.598. The molecule has 3 nitrogen and oxygen atoms in total. The molecule has 1 heterocycles. The Labute approximate surface area is 91.8 Å². The van der Waals surface area contributed by atoms with Crippen molar-refractivity contribution in [3.05, 3.63) is 0 Å². The Morgan fingerprint density at radius 2 is 2.13 bits per heavy atom. The number of aliphatic hydroxyl groups excluding tert-OH is 1. The second kappa shape index (κ2) is 4.97. The van der Waals surface area contributed by atoms with E-state index in [9.17, 15) is 9.90 Å². The van der Waals surface area contributed by atoms with Crippen molar-refractivity contribution in [2.24, 2.45) is 5.41 Å². The minimum atomic E-state index is -0.598. The van der Waals surface area contributed by atoms with Crippen molar-refractivity contribution in [2.75, 3.05) is 0 Å². The molecule has 88 valence electrons. The van der Waals surface area contributed by atoms with E-state index in [2.05, 4.69) is 6.92 Å². The molecule has 0 aromatic carbocycles. The summed E-state index contributed by atoms with van der Waals surface area (Å²) in [5, 5.41) is 10.0. The lowest BCUT2D eigenvalue weighted by Crippen LogP contribution is -2.62. The molecular weight excluding hydrogens is 192 g/mol. The van der Waals surface area contributed by atoms with Crippen LogP contribution in [-0.4, -0.2) is 23.3 Å². The molecule has 15 heavy (non-hydrogen) atoms. The number of carbonyl (C=O) groups is 1. The zero-order valence-corrected chi connectivity index (χ0v) is 9.95. The van der Waals surface area contributed by atoms with Crippen molar-refractivity contribution < 1.29 is 14.6 Å². The highest BCUT2D eigenvalue weighted by atomic mass is 16.6. The van der Waals surface area contributed by atoms with Gasteiger partial charge in [-0.15, -0.1) is 0 Å². The Bertz CT molecular complexity index is 219. The Kier molecular flexibility index (Phi) is 4.14. The Balaban J connectivity index is 2.79. The lowest BCUT2D eigenvalue weighted by atomic mass is 9.67. The number of cyclic esters (lactones) is 1. The van der Waals surface area contributed by atoms with Crippen molar-refractivity contribution in [1.29, 1.82) is 0 Å². The van der Waals surface area contributed by atoms with E-state index in [-0.39, 0.29) is 12.1 Å². The number of unbranched alkanes of at least 4 members (excludes halogenated alkanes) is 1. The van der Waals surface area contributed by atoms with E-state index in [1.165, 1.54) is 0 Å². The van der Waals surface area contributed by atoms with Crippen LogP contribution in [0.3, 0.4) is 0 Å². The van der Waals surface area contributed by atoms with Gasteiger partial charge in [0.05, 0.1) is 6.10 Å². The van der Waals surface area contributed by atoms with Gasteiger partial charge < -0.3 is 9.84 Å². The second-order valence-electron chi connectivity index (χ2n) is 4.37. The van der Waals surface area contributed by atoms with Crippen LogP contribution in [-0.2, 0) is 9.53 Å². The van der Waals surface area contributed by atoms with Gasteiger partial charge in [-0.1, -0.05) is 33.6 Å². The molecule has 1 unspecified atom stereocenters. The fourth-order valence-corrected chi connectivity index (χ4v) is 2.48. The molecule has 0 aliphatic carbocycles. The molecule has 0 bridgehead atoms. The van der Waals surface area contributed by atoms with Gasteiger partial charge in [-0.2, -0.15) is 0 Å². The van der Waals surface area contributed by atoms with Gasteiger partial charge in [-0.3, -0.25) is 4.79 Å². The van der Waals surface area contributed by atoms with E-state index in [1.54, 1.807) is 0 Å². The molecule has 0 aromatic rings. The molecule has 0 spiro atoms. The maximum absolute atomic E-state index is 11.6. The minimum Gasteiger partial charge on any atom is -0.460 e. The highest BCUT2D eigenvalue weighted by molar-refractivity contribution is 5.84. The number of rotatable bonds is 6. The maximum Gasteiger partial charge on any atom is 0.318 e. The van der Waals surface area contributed by atoms with Crippen LogP contribution in [0.1, 0.15) is 52.9 Å². The summed E-state index contributed by atoms with van der Waals surface area (Å²) in [4.78, 5) is 11.6.